The molecule has 0 fully saturated rings. The molecule has 0 saturated heterocycles. The van der Waals surface area contributed by atoms with E-state index in [0.717, 1.165) is 16.7 Å². The van der Waals surface area contributed by atoms with Gasteiger partial charge in [0.2, 0.25) is 5.91 Å². The first-order valence-electron chi connectivity index (χ1n) is 12.0. The summed E-state index contributed by atoms with van der Waals surface area (Å²) in [6.07, 6.45) is 0.380. The number of nitrogens with one attached hydrogen (secondary N) is 1. The molecule has 3 rings (SSSR count). The molecule has 3 aromatic rings. The zero-order valence-corrected chi connectivity index (χ0v) is 21.6. The average Bonchev–Trinajstić information content (AvgIpc) is 2.86. The first-order chi connectivity index (χ1) is 17.2. The Bertz CT molecular complexity index is 1100. The molecule has 0 heterocycles. The number of carbonyl (C=O) groups excluding carboxylic acids is 2. The van der Waals surface area contributed by atoms with Crippen molar-refractivity contribution in [1.82, 2.24) is 5.32 Å². The molecule has 0 saturated carbocycles. The minimum Gasteiger partial charge on any atom is -0.497 e. The lowest BCUT2D eigenvalue weighted by molar-refractivity contribution is -0.158. The third-order valence-electron chi connectivity index (χ3n) is 5.73. The monoisotopic (exact) mass is 489 g/mol. The van der Waals surface area contributed by atoms with Gasteiger partial charge < -0.3 is 19.5 Å². The lowest BCUT2D eigenvalue weighted by Gasteiger charge is -2.26. The Morgan fingerprint density at radius 3 is 1.92 bits per heavy atom. The summed E-state index contributed by atoms with van der Waals surface area (Å²) in [7, 11) is 3.14. The Morgan fingerprint density at radius 2 is 1.42 bits per heavy atom. The first kappa shape index (κ1) is 26.8. The lowest BCUT2D eigenvalue weighted by atomic mass is 9.88. The summed E-state index contributed by atoms with van der Waals surface area (Å²) < 4.78 is 16.5. The highest BCUT2D eigenvalue weighted by atomic mass is 16.6. The minimum atomic E-state index is -0.898. The summed E-state index contributed by atoms with van der Waals surface area (Å²) in [6, 6.07) is 24.3. The maximum absolute atomic E-state index is 13.4. The molecular formula is C30H35NO5. The molecule has 0 aliphatic heterocycles. The van der Waals surface area contributed by atoms with E-state index in [-0.39, 0.29) is 24.7 Å². The predicted molar refractivity (Wildman–Crippen MR) is 140 cm³/mol. The number of benzene rings is 3. The maximum Gasteiger partial charge on any atom is 0.329 e. The number of amides is 1. The third kappa shape index (κ3) is 7.60. The van der Waals surface area contributed by atoms with Crippen molar-refractivity contribution in [3.05, 3.63) is 95.6 Å². The van der Waals surface area contributed by atoms with Gasteiger partial charge in [0, 0.05) is 24.3 Å². The van der Waals surface area contributed by atoms with E-state index in [1.54, 1.807) is 53.2 Å². The van der Waals surface area contributed by atoms with Gasteiger partial charge in [-0.3, -0.25) is 4.79 Å². The third-order valence-corrected chi connectivity index (χ3v) is 5.73. The normalized spacial score (nSPS) is 12.1. The van der Waals surface area contributed by atoms with Crippen molar-refractivity contribution in [1.29, 1.82) is 0 Å². The summed E-state index contributed by atoms with van der Waals surface area (Å²) >= 11 is 0. The van der Waals surface area contributed by atoms with E-state index in [0.29, 0.717) is 11.5 Å². The number of carbonyl (C=O) groups is 2. The molecule has 6 heteroatoms. The number of esters is 1. The van der Waals surface area contributed by atoms with Crippen molar-refractivity contribution < 1.29 is 23.8 Å². The summed E-state index contributed by atoms with van der Waals surface area (Å²) in [5, 5.41) is 2.94. The zero-order valence-electron chi connectivity index (χ0n) is 21.6. The second-order valence-electron chi connectivity index (χ2n) is 9.61. The largest absolute Gasteiger partial charge is 0.497 e. The van der Waals surface area contributed by atoms with Crippen LogP contribution in [0.4, 0.5) is 0 Å². The number of ether oxygens (including phenoxy) is 3. The van der Waals surface area contributed by atoms with Crippen molar-refractivity contribution in [2.45, 2.75) is 51.2 Å². The van der Waals surface area contributed by atoms with E-state index in [2.05, 4.69) is 5.32 Å². The SMILES string of the molecule is COc1ccc(OC)c(CC(NC(=O)CC(c2ccccc2)c2ccccc2)C(=O)OC(C)(C)C)c1. The Balaban J connectivity index is 1.87. The highest BCUT2D eigenvalue weighted by Gasteiger charge is 2.29. The average molecular weight is 490 g/mol. The summed E-state index contributed by atoms with van der Waals surface area (Å²) in [5.41, 5.74) is 2.09. The molecule has 0 radical (unpaired) electrons. The van der Waals surface area contributed by atoms with Gasteiger partial charge in [-0.1, -0.05) is 60.7 Å². The van der Waals surface area contributed by atoms with Gasteiger partial charge in [-0.2, -0.15) is 0 Å². The predicted octanol–water partition coefficient (Wildman–Crippen LogP) is 5.30. The van der Waals surface area contributed by atoms with Gasteiger partial charge in [-0.15, -0.1) is 0 Å². The molecule has 1 atom stereocenters. The van der Waals surface area contributed by atoms with Crippen LogP contribution in [-0.2, 0) is 20.7 Å². The van der Waals surface area contributed by atoms with Crippen LogP contribution < -0.4 is 14.8 Å². The number of hydrogen-bond donors (Lipinski definition) is 1. The standard InChI is InChI=1S/C30H35NO5/c1-30(2,3)36-29(33)26(19-23-18-24(34-4)16-17-27(23)35-5)31-28(32)20-25(21-12-8-6-9-13-21)22-14-10-7-11-15-22/h6-18,25-26H,19-20H2,1-5H3,(H,31,32). The van der Waals surface area contributed by atoms with Crippen LogP contribution in [0.1, 0.15) is 49.8 Å². The lowest BCUT2D eigenvalue weighted by Crippen LogP contribution is -2.45. The van der Waals surface area contributed by atoms with Crippen molar-refractivity contribution >= 4 is 11.9 Å². The number of methoxy groups -OCH3 is 2. The smallest absolute Gasteiger partial charge is 0.329 e. The Kier molecular flexibility index (Phi) is 9.12. The van der Waals surface area contributed by atoms with E-state index in [4.69, 9.17) is 14.2 Å². The van der Waals surface area contributed by atoms with Crippen LogP contribution in [0.3, 0.4) is 0 Å². The van der Waals surface area contributed by atoms with Gasteiger partial charge in [0.15, 0.2) is 0 Å². The summed E-state index contributed by atoms with van der Waals surface area (Å²) in [4.78, 5) is 26.5. The van der Waals surface area contributed by atoms with Gasteiger partial charge in [0.25, 0.3) is 0 Å². The number of hydrogen-bond acceptors (Lipinski definition) is 5. The number of rotatable bonds is 10. The highest BCUT2D eigenvalue weighted by Crippen LogP contribution is 2.29. The van der Waals surface area contributed by atoms with E-state index in [1.807, 2.05) is 60.7 Å². The Hall–Kier alpha value is -3.80. The van der Waals surface area contributed by atoms with Crippen molar-refractivity contribution in [3.63, 3.8) is 0 Å². The minimum absolute atomic E-state index is 0.155. The Labute approximate surface area is 213 Å². The van der Waals surface area contributed by atoms with E-state index < -0.39 is 17.6 Å². The second kappa shape index (κ2) is 12.2. The Morgan fingerprint density at radius 1 is 0.833 bits per heavy atom. The molecule has 36 heavy (non-hydrogen) atoms. The molecule has 6 nitrogen and oxygen atoms in total. The maximum atomic E-state index is 13.4. The molecule has 0 bridgehead atoms. The van der Waals surface area contributed by atoms with Crippen LogP contribution in [0.15, 0.2) is 78.9 Å². The zero-order chi connectivity index (χ0) is 26.1. The molecule has 0 aliphatic rings. The van der Waals surface area contributed by atoms with E-state index in [9.17, 15) is 9.59 Å². The first-order valence-corrected chi connectivity index (χ1v) is 12.0. The molecule has 1 unspecified atom stereocenters. The summed E-state index contributed by atoms with van der Waals surface area (Å²) in [5.74, 6) is 0.332. The summed E-state index contributed by atoms with van der Waals surface area (Å²) in [6.45, 7) is 5.41. The topological polar surface area (TPSA) is 73.9 Å². The fourth-order valence-electron chi connectivity index (χ4n) is 4.07. The quantitative estimate of drug-likeness (QED) is 0.392. The van der Waals surface area contributed by atoms with Crippen molar-refractivity contribution in [2.75, 3.05) is 14.2 Å². The molecule has 190 valence electrons. The van der Waals surface area contributed by atoms with Gasteiger partial charge in [0.05, 0.1) is 14.2 Å². The fourth-order valence-corrected chi connectivity index (χ4v) is 4.07. The van der Waals surface area contributed by atoms with Crippen LogP contribution in [-0.4, -0.2) is 37.7 Å². The fraction of sp³-hybridized carbons (Fsp3) is 0.333. The molecule has 1 amide bonds. The van der Waals surface area contributed by atoms with Gasteiger partial charge in [-0.05, 0) is 50.1 Å². The molecule has 0 aliphatic carbocycles. The van der Waals surface area contributed by atoms with E-state index >= 15 is 0 Å². The molecule has 0 aromatic heterocycles. The molecule has 1 N–H and O–H groups in total. The van der Waals surface area contributed by atoms with Crippen molar-refractivity contribution in [3.8, 4) is 11.5 Å². The van der Waals surface area contributed by atoms with E-state index in [1.165, 1.54) is 0 Å². The van der Waals surface area contributed by atoms with Crippen LogP contribution in [0.2, 0.25) is 0 Å². The van der Waals surface area contributed by atoms with Crippen molar-refractivity contribution in [2.24, 2.45) is 0 Å². The molecule has 3 aromatic carbocycles. The van der Waals surface area contributed by atoms with Gasteiger partial charge in [0.1, 0.15) is 23.1 Å². The van der Waals surface area contributed by atoms with Gasteiger partial charge >= 0.3 is 5.97 Å². The molecule has 0 spiro atoms. The van der Waals surface area contributed by atoms with Crippen LogP contribution in [0.5, 0.6) is 11.5 Å². The van der Waals surface area contributed by atoms with Crippen LogP contribution >= 0.6 is 0 Å². The highest BCUT2D eigenvalue weighted by molar-refractivity contribution is 5.85. The second-order valence-corrected chi connectivity index (χ2v) is 9.61. The molecular weight excluding hydrogens is 454 g/mol. The van der Waals surface area contributed by atoms with Crippen LogP contribution in [0.25, 0.3) is 0 Å². The van der Waals surface area contributed by atoms with Crippen LogP contribution in [0, 0.1) is 0 Å². The van der Waals surface area contributed by atoms with Gasteiger partial charge in [-0.25, -0.2) is 4.79 Å².